The minimum Gasteiger partial charge on any atom is -0.330 e. The van der Waals surface area contributed by atoms with Crippen molar-refractivity contribution >= 4 is 40.9 Å². The summed E-state index contributed by atoms with van der Waals surface area (Å²) in [6.07, 6.45) is 10.6. The Morgan fingerprint density at radius 1 is 1.12 bits per heavy atom. The van der Waals surface area contributed by atoms with Crippen molar-refractivity contribution in [1.82, 2.24) is 4.90 Å². The second-order valence-electron chi connectivity index (χ2n) is 11.5. The summed E-state index contributed by atoms with van der Waals surface area (Å²) in [5, 5.41) is 1.21. The summed E-state index contributed by atoms with van der Waals surface area (Å²) in [6.45, 7) is 9.37. The van der Waals surface area contributed by atoms with Crippen LogP contribution in [0.5, 0.6) is 0 Å². The highest BCUT2D eigenvalue weighted by Crippen LogP contribution is 2.57. The van der Waals surface area contributed by atoms with Crippen LogP contribution in [-0.4, -0.2) is 40.0 Å². The smallest absolute Gasteiger partial charge is 0.225 e. The molecule has 0 spiro atoms. The van der Waals surface area contributed by atoms with Crippen molar-refractivity contribution in [1.29, 1.82) is 0 Å². The molecule has 1 atom stereocenters. The van der Waals surface area contributed by atoms with Crippen LogP contribution in [0.1, 0.15) is 90.5 Å². The second kappa shape index (κ2) is 10.4. The van der Waals surface area contributed by atoms with Gasteiger partial charge >= 0.3 is 0 Å². The number of rotatable bonds is 7. The molecule has 1 aromatic rings. The van der Waals surface area contributed by atoms with Gasteiger partial charge < -0.3 is 4.90 Å². The number of carbonyl (C=O) groups excluding carboxylic acids is 1. The lowest BCUT2D eigenvalue weighted by Gasteiger charge is -2.55. The summed E-state index contributed by atoms with van der Waals surface area (Å²) in [5.41, 5.74) is 2.50. The van der Waals surface area contributed by atoms with Gasteiger partial charge in [0.1, 0.15) is 6.17 Å². The zero-order valence-electron chi connectivity index (χ0n) is 21.3. The maximum absolute atomic E-state index is 12.9. The third-order valence-corrected chi connectivity index (χ3v) is 9.58. The second-order valence-corrected chi connectivity index (χ2v) is 12.5. The molecule has 1 aromatic carbocycles. The zero-order valence-corrected chi connectivity index (χ0v) is 23.0. The molecule has 0 radical (unpaired) electrons. The van der Waals surface area contributed by atoms with E-state index < -0.39 is 0 Å². The molecule has 188 valence electrons. The highest BCUT2D eigenvalue weighted by molar-refractivity contribution is 8.14. The number of nitrogens with zero attached hydrogens (tertiary/aromatic N) is 3. The maximum atomic E-state index is 12.9. The van der Waals surface area contributed by atoms with E-state index in [1.165, 1.54) is 49.3 Å². The van der Waals surface area contributed by atoms with Gasteiger partial charge in [-0.25, -0.2) is 0 Å². The molecule has 6 rings (SSSR count). The van der Waals surface area contributed by atoms with Crippen LogP contribution in [0, 0.1) is 17.8 Å². The fraction of sp³-hybridized carbons (Fsp3) is 0.714. The Morgan fingerprint density at radius 3 is 2.21 bits per heavy atom. The van der Waals surface area contributed by atoms with Crippen molar-refractivity contribution in [2.24, 2.45) is 22.7 Å². The molecule has 5 aliphatic rings. The van der Waals surface area contributed by atoms with E-state index in [2.05, 4.69) is 49.9 Å². The lowest BCUT2D eigenvalue weighted by Crippen LogP contribution is -2.52. The average Bonchev–Trinajstić information content (AvgIpc) is 3.12. The largest absolute Gasteiger partial charge is 0.330 e. The van der Waals surface area contributed by atoms with E-state index in [1.54, 1.807) is 6.92 Å². The first-order valence-electron chi connectivity index (χ1n) is 13.3. The molecule has 5 fully saturated rings. The minimum absolute atomic E-state index is 0. The van der Waals surface area contributed by atoms with Gasteiger partial charge in [0.25, 0.3) is 0 Å². The Kier molecular flexibility index (Phi) is 7.93. The van der Waals surface area contributed by atoms with Crippen molar-refractivity contribution in [2.75, 3.05) is 17.2 Å². The lowest BCUT2D eigenvalue weighted by atomic mass is 9.53. The molecule has 4 nitrogen and oxygen atoms in total. The fourth-order valence-electron chi connectivity index (χ4n) is 7.32. The van der Waals surface area contributed by atoms with Crippen molar-refractivity contribution < 1.29 is 4.79 Å². The standard InChI is InChI=1S/C28H41N3OS.ClH/c1-5-6-11-30-26(31(20(4)32)25-9-7-24(8-10-25)19(2)3)18-33-27(30)29-28-15-21-12-22(16-28)14-23(13-21)17-28;/h7-10,19,21-23,26H,5-6,11-18H2,1-4H3;1H. The normalized spacial score (nSPS) is 33.0. The summed E-state index contributed by atoms with van der Waals surface area (Å²) in [5.74, 6) is 4.23. The average molecular weight is 504 g/mol. The van der Waals surface area contributed by atoms with E-state index in [0.717, 1.165) is 48.6 Å². The molecular weight excluding hydrogens is 462 g/mol. The molecule has 4 aliphatic carbocycles. The Labute approximate surface area is 216 Å². The molecule has 0 N–H and O–H groups in total. The Hall–Kier alpha value is -1.20. The summed E-state index contributed by atoms with van der Waals surface area (Å²) in [6, 6.07) is 8.62. The monoisotopic (exact) mass is 503 g/mol. The molecule has 4 bridgehead atoms. The van der Waals surface area contributed by atoms with Gasteiger partial charge in [-0.2, -0.15) is 0 Å². The number of benzene rings is 1. The number of unbranched alkanes of at least 4 members (excludes halogenated alkanes) is 1. The molecule has 1 heterocycles. The van der Waals surface area contributed by atoms with Gasteiger partial charge in [0.2, 0.25) is 5.91 Å². The molecule has 1 saturated heterocycles. The quantitative estimate of drug-likeness (QED) is 0.398. The topological polar surface area (TPSA) is 35.9 Å². The number of aliphatic imine (C=N–C) groups is 1. The summed E-state index contributed by atoms with van der Waals surface area (Å²) in [4.78, 5) is 23.0. The van der Waals surface area contributed by atoms with Crippen LogP contribution in [0.4, 0.5) is 5.69 Å². The fourth-order valence-corrected chi connectivity index (χ4v) is 8.59. The van der Waals surface area contributed by atoms with Crippen molar-refractivity contribution in [2.45, 2.75) is 96.7 Å². The maximum Gasteiger partial charge on any atom is 0.225 e. The van der Waals surface area contributed by atoms with Gasteiger partial charge in [0.05, 0.1) is 5.54 Å². The molecule has 6 heteroatoms. The van der Waals surface area contributed by atoms with Crippen LogP contribution in [0.25, 0.3) is 0 Å². The Bertz CT molecular complexity index is 864. The first kappa shape index (κ1) is 25.9. The molecular formula is C28H42ClN3OS. The highest BCUT2D eigenvalue weighted by Gasteiger charge is 2.52. The summed E-state index contributed by atoms with van der Waals surface area (Å²) >= 11 is 1.89. The molecule has 34 heavy (non-hydrogen) atoms. The first-order chi connectivity index (χ1) is 15.9. The Morgan fingerprint density at radius 2 is 1.71 bits per heavy atom. The number of halogens is 1. The van der Waals surface area contributed by atoms with E-state index >= 15 is 0 Å². The van der Waals surface area contributed by atoms with Crippen molar-refractivity contribution in [3.05, 3.63) is 29.8 Å². The van der Waals surface area contributed by atoms with Gasteiger partial charge in [0, 0.05) is 24.9 Å². The van der Waals surface area contributed by atoms with Crippen LogP contribution in [-0.2, 0) is 4.79 Å². The van der Waals surface area contributed by atoms with E-state index in [0.29, 0.717) is 5.92 Å². The minimum atomic E-state index is 0. The van der Waals surface area contributed by atoms with Crippen molar-refractivity contribution in [3.63, 3.8) is 0 Å². The van der Waals surface area contributed by atoms with E-state index in [4.69, 9.17) is 4.99 Å². The van der Waals surface area contributed by atoms with Crippen LogP contribution >= 0.6 is 24.2 Å². The molecule has 1 aliphatic heterocycles. The van der Waals surface area contributed by atoms with Crippen molar-refractivity contribution in [3.8, 4) is 0 Å². The van der Waals surface area contributed by atoms with Crippen LogP contribution in [0.3, 0.4) is 0 Å². The molecule has 1 unspecified atom stereocenters. The SMILES string of the molecule is CCCCN1C(=NC23CC4CC(CC(C4)C2)C3)SCC1N(C(C)=O)c1ccc(C(C)C)cc1.Cl. The summed E-state index contributed by atoms with van der Waals surface area (Å²) < 4.78 is 0. The number of thioether (sulfide) groups is 1. The van der Waals surface area contributed by atoms with Gasteiger partial charge in [-0.15, -0.1) is 12.4 Å². The predicted molar refractivity (Wildman–Crippen MR) is 147 cm³/mol. The van der Waals surface area contributed by atoms with E-state index in [1.807, 2.05) is 16.7 Å². The van der Waals surface area contributed by atoms with Gasteiger partial charge in [0.15, 0.2) is 5.17 Å². The van der Waals surface area contributed by atoms with Crippen LogP contribution in [0.2, 0.25) is 0 Å². The van der Waals surface area contributed by atoms with Gasteiger partial charge in [-0.05, 0) is 86.3 Å². The summed E-state index contributed by atoms with van der Waals surface area (Å²) in [7, 11) is 0. The first-order valence-corrected chi connectivity index (χ1v) is 14.2. The number of anilines is 1. The Balaban J connectivity index is 0.00000274. The number of hydrogen-bond acceptors (Lipinski definition) is 3. The lowest BCUT2D eigenvalue weighted by molar-refractivity contribution is -0.117. The number of carbonyl (C=O) groups is 1. The van der Waals surface area contributed by atoms with E-state index in [-0.39, 0.29) is 30.0 Å². The number of amides is 1. The molecule has 4 saturated carbocycles. The van der Waals surface area contributed by atoms with Gasteiger partial charge in [-0.3, -0.25) is 14.7 Å². The van der Waals surface area contributed by atoms with E-state index in [9.17, 15) is 4.79 Å². The van der Waals surface area contributed by atoms with Crippen LogP contribution < -0.4 is 4.90 Å². The zero-order chi connectivity index (χ0) is 23.2. The van der Waals surface area contributed by atoms with Crippen LogP contribution in [0.15, 0.2) is 29.3 Å². The highest BCUT2D eigenvalue weighted by atomic mass is 35.5. The predicted octanol–water partition coefficient (Wildman–Crippen LogP) is 7.08. The van der Waals surface area contributed by atoms with Gasteiger partial charge in [-0.1, -0.05) is 51.1 Å². The third kappa shape index (κ3) is 5.02. The molecule has 0 aromatic heterocycles. The molecule has 1 amide bonds. The number of hydrogen-bond donors (Lipinski definition) is 0. The number of amidine groups is 1. The third-order valence-electron chi connectivity index (χ3n) is 8.53.